The summed E-state index contributed by atoms with van der Waals surface area (Å²) in [6.45, 7) is 6.59. The van der Waals surface area contributed by atoms with Crippen molar-refractivity contribution >= 4 is 23.1 Å². The van der Waals surface area contributed by atoms with E-state index in [4.69, 9.17) is 26.1 Å². The second kappa shape index (κ2) is 9.04. The smallest absolute Gasteiger partial charge is 0.139 e. The van der Waals surface area contributed by atoms with Crippen LogP contribution in [-0.4, -0.2) is 80.6 Å². The van der Waals surface area contributed by atoms with Crippen LogP contribution in [0.15, 0.2) is 59.6 Å². The van der Waals surface area contributed by atoms with Gasteiger partial charge in [0.1, 0.15) is 18.2 Å². The molecule has 0 aromatic heterocycles. The van der Waals surface area contributed by atoms with Crippen molar-refractivity contribution in [1.29, 1.82) is 0 Å². The molecule has 0 aliphatic carbocycles. The van der Waals surface area contributed by atoms with Gasteiger partial charge in [0.2, 0.25) is 0 Å². The summed E-state index contributed by atoms with van der Waals surface area (Å²) in [7, 11) is 0. The van der Waals surface area contributed by atoms with Crippen LogP contribution >= 0.6 is 11.6 Å². The number of amidine groups is 1. The van der Waals surface area contributed by atoms with Crippen molar-refractivity contribution in [1.82, 2.24) is 9.80 Å². The third-order valence-electron chi connectivity index (χ3n) is 5.99. The topological polar surface area (TPSA) is 40.5 Å². The summed E-state index contributed by atoms with van der Waals surface area (Å²) in [4.78, 5) is 12.7. The van der Waals surface area contributed by atoms with Crippen molar-refractivity contribution in [2.75, 3.05) is 57.5 Å². The number of ether oxygens (including phenoxy) is 2. The SMILES string of the molecule is Clc1ccc(N2C(c3ccccc3)=N[C@H](N3CCOCC3)[C@H]2N2CCOCC2)cc1. The summed E-state index contributed by atoms with van der Waals surface area (Å²) >= 11 is 6.21. The van der Waals surface area contributed by atoms with Gasteiger partial charge in [-0.2, -0.15) is 0 Å². The summed E-state index contributed by atoms with van der Waals surface area (Å²) in [5, 5.41) is 0.740. The first-order valence-electron chi connectivity index (χ1n) is 10.6. The molecule has 2 saturated heterocycles. The zero-order valence-corrected chi connectivity index (χ0v) is 17.7. The van der Waals surface area contributed by atoms with E-state index in [0.717, 1.165) is 74.7 Å². The quantitative estimate of drug-likeness (QED) is 0.751. The minimum atomic E-state index is 0.0397. The van der Waals surface area contributed by atoms with Crippen LogP contribution in [0.2, 0.25) is 5.02 Å². The fourth-order valence-electron chi connectivity index (χ4n) is 4.50. The molecule has 2 aromatic rings. The fourth-order valence-corrected chi connectivity index (χ4v) is 4.62. The van der Waals surface area contributed by atoms with Crippen molar-refractivity contribution in [2.45, 2.75) is 12.3 Å². The number of rotatable bonds is 4. The summed E-state index contributed by atoms with van der Waals surface area (Å²) in [6, 6.07) is 18.6. The van der Waals surface area contributed by atoms with E-state index in [0.29, 0.717) is 0 Å². The molecule has 2 aromatic carbocycles. The molecule has 0 bridgehead atoms. The number of halogens is 1. The predicted molar refractivity (Wildman–Crippen MR) is 119 cm³/mol. The van der Waals surface area contributed by atoms with Crippen LogP contribution in [0.5, 0.6) is 0 Å². The lowest BCUT2D eigenvalue weighted by Crippen LogP contribution is -2.60. The highest BCUT2D eigenvalue weighted by atomic mass is 35.5. The molecule has 0 amide bonds. The van der Waals surface area contributed by atoms with Gasteiger partial charge in [-0.05, 0) is 24.3 Å². The third-order valence-corrected chi connectivity index (χ3v) is 6.24. The molecule has 5 rings (SSSR count). The molecule has 2 fully saturated rings. The van der Waals surface area contributed by atoms with Crippen molar-refractivity contribution in [2.24, 2.45) is 4.99 Å². The lowest BCUT2D eigenvalue weighted by atomic mass is 10.1. The van der Waals surface area contributed by atoms with Crippen LogP contribution in [-0.2, 0) is 9.47 Å². The highest BCUT2D eigenvalue weighted by molar-refractivity contribution is 6.30. The highest BCUT2D eigenvalue weighted by Gasteiger charge is 2.44. The van der Waals surface area contributed by atoms with Gasteiger partial charge < -0.3 is 14.4 Å². The van der Waals surface area contributed by atoms with Crippen LogP contribution in [0.3, 0.4) is 0 Å². The van der Waals surface area contributed by atoms with Crippen molar-refractivity contribution in [3.8, 4) is 0 Å². The summed E-state index contributed by atoms with van der Waals surface area (Å²) in [5.41, 5.74) is 2.23. The monoisotopic (exact) mass is 426 g/mol. The first-order valence-corrected chi connectivity index (χ1v) is 11.0. The zero-order chi connectivity index (χ0) is 20.3. The van der Waals surface area contributed by atoms with Crippen molar-refractivity contribution in [3.05, 3.63) is 65.2 Å². The molecule has 0 saturated carbocycles. The van der Waals surface area contributed by atoms with Crippen LogP contribution in [0.25, 0.3) is 0 Å². The van der Waals surface area contributed by atoms with E-state index >= 15 is 0 Å². The molecule has 6 nitrogen and oxygen atoms in total. The molecule has 30 heavy (non-hydrogen) atoms. The standard InChI is InChI=1S/C23H27ClN4O2/c24-19-6-8-20(9-7-19)28-21(18-4-2-1-3-5-18)25-22(26-10-14-29-15-11-26)23(28)27-12-16-30-17-13-27/h1-9,22-23H,10-17H2/t22-,23+/m1/s1. The number of anilines is 1. The lowest BCUT2D eigenvalue weighted by molar-refractivity contribution is -0.0273. The highest BCUT2D eigenvalue weighted by Crippen LogP contribution is 2.33. The maximum atomic E-state index is 6.21. The second-order valence-electron chi connectivity index (χ2n) is 7.79. The number of benzene rings is 2. The molecular weight excluding hydrogens is 400 g/mol. The van der Waals surface area contributed by atoms with Crippen molar-refractivity contribution < 1.29 is 9.47 Å². The van der Waals surface area contributed by atoms with Gasteiger partial charge in [0.15, 0.2) is 0 Å². The number of hydrogen-bond acceptors (Lipinski definition) is 6. The van der Waals surface area contributed by atoms with Gasteiger partial charge in [-0.25, -0.2) is 4.99 Å². The summed E-state index contributed by atoms with van der Waals surface area (Å²) in [6.07, 6.45) is 0.140. The van der Waals surface area contributed by atoms with E-state index in [-0.39, 0.29) is 12.3 Å². The Labute approximate surface area is 182 Å². The Morgan fingerprint density at radius 2 is 1.37 bits per heavy atom. The lowest BCUT2D eigenvalue weighted by Gasteiger charge is -2.43. The Morgan fingerprint density at radius 3 is 2.00 bits per heavy atom. The Morgan fingerprint density at radius 1 is 0.767 bits per heavy atom. The van der Waals surface area contributed by atoms with Gasteiger partial charge in [-0.3, -0.25) is 9.80 Å². The van der Waals surface area contributed by atoms with E-state index in [2.05, 4.69) is 51.1 Å². The van der Waals surface area contributed by atoms with Gasteiger partial charge in [-0.1, -0.05) is 41.9 Å². The van der Waals surface area contributed by atoms with Crippen LogP contribution in [0.4, 0.5) is 5.69 Å². The van der Waals surface area contributed by atoms with Crippen LogP contribution in [0.1, 0.15) is 5.56 Å². The Kier molecular flexibility index (Phi) is 6.02. The van der Waals surface area contributed by atoms with E-state index in [1.165, 1.54) is 0 Å². The van der Waals surface area contributed by atoms with E-state index in [1.54, 1.807) is 0 Å². The molecule has 0 radical (unpaired) electrons. The van der Waals surface area contributed by atoms with E-state index < -0.39 is 0 Å². The van der Waals surface area contributed by atoms with Gasteiger partial charge >= 0.3 is 0 Å². The average molecular weight is 427 g/mol. The normalized spacial score (nSPS) is 26.0. The Balaban J connectivity index is 1.59. The molecular formula is C23H27ClN4O2. The first-order chi connectivity index (χ1) is 14.8. The maximum Gasteiger partial charge on any atom is 0.139 e. The van der Waals surface area contributed by atoms with Gasteiger partial charge in [-0.15, -0.1) is 0 Å². The molecule has 3 aliphatic rings. The van der Waals surface area contributed by atoms with Gasteiger partial charge in [0.05, 0.1) is 26.4 Å². The predicted octanol–water partition coefficient (Wildman–Crippen LogP) is 2.92. The second-order valence-corrected chi connectivity index (χ2v) is 8.23. The molecule has 3 heterocycles. The van der Waals surface area contributed by atoms with Gasteiger partial charge in [0.25, 0.3) is 0 Å². The largest absolute Gasteiger partial charge is 0.379 e. The maximum absolute atomic E-state index is 6.21. The molecule has 0 unspecified atom stereocenters. The summed E-state index contributed by atoms with van der Waals surface area (Å²) < 4.78 is 11.3. The Hall–Kier alpha value is -1.96. The van der Waals surface area contributed by atoms with Crippen molar-refractivity contribution in [3.63, 3.8) is 0 Å². The van der Waals surface area contributed by atoms with Crippen LogP contribution < -0.4 is 4.90 Å². The van der Waals surface area contributed by atoms with E-state index in [9.17, 15) is 0 Å². The molecule has 0 N–H and O–H groups in total. The molecule has 3 aliphatic heterocycles. The average Bonchev–Trinajstić information content (AvgIpc) is 3.22. The fraction of sp³-hybridized carbons (Fsp3) is 0.435. The third kappa shape index (κ3) is 3.98. The number of aliphatic imine (C=N–C) groups is 1. The molecule has 2 atom stereocenters. The number of morpholine rings is 2. The summed E-state index contributed by atoms with van der Waals surface area (Å²) in [5.74, 6) is 1.01. The van der Waals surface area contributed by atoms with E-state index in [1.807, 2.05) is 18.2 Å². The minimum absolute atomic E-state index is 0.0397. The molecule has 0 spiro atoms. The molecule has 158 valence electrons. The Bertz CT molecular complexity index is 865. The minimum Gasteiger partial charge on any atom is -0.379 e. The number of hydrogen-bond donors (Lipinski definition) is 0. The van der Waals surface area contributed by atoms with Gasteiger partial charge in [0, 0.05) is 42.5 Å². The molecule has 7 heteroatoms. The first kappa shape index (κ1) is 20.0. The zero-order valence-electron chi connectivity index (χ0n) is 17.0. The number of nitrogens with zero attached hydrogens (tertiary/aromatic N) is 4. The van der Waals surface area contributed by atoms with Crippen LogP contribution in [0, 0.1) is 0 Å².